The van der Waals surface area contributed by atoms with Crippen LogP contribution in [0.3, 0.4) is 0 Å². The van der Waals surface area contributed by atoms with Crippen LogP contribution in [0.4, 0.5) is 0 Å². The number of halogens is 1. The summed E-state index contributed by atoms with van der Waals surface area (Å²) in [6, 6.07) is 12.0. The van der Waals surface area contributed by atoms with Crippen molar-refractivity contribution in [2.45, 2.75) is 17.1 Å². The van der Waals surface area contributed by atoms with Gasteiger partial charge in [0.2, 0.25) is 0 Å². The van der Waals surface area contributed by atoms with Gasteiger partial charge in [0.25, 0.3) is 0 Å². The number of aromatic nitrogens is 3. The molecule has 0 bridgehead atoms. The molecule has 90 valence electrons. The average molecular weight is 320 g/mol. The lowest BCUT2D eigenvalue weighted by Crippen LogP contribution is -1.86. The van der Waals surface area contributed by atoms with Gasteiger partial charge in [0.1, 0.15) is 5.03 Å². The SMILES string of the molecule is Cc1nc(Sc2nc3ccccc3[nH]2)ccc1Br. The number of nitrogens with zero attached hydrogens (tertiary/aromatic N) is 2. The number of nitrogens with one attached hydrogen (secondary N) is 1. The summed E-state index contributed by atoms with van der Waals surface area (Å²) in [6.45, 7) is 1.98. The molecule has 2 aromatic heterocycles. The van der Waals surface area contributed by atoms with Crippen molar-refractivity contribution in [3.63, 3.8) is 0 Å². The zero-order valence-electron chi connectivity index (χ0n) is 9.64. The molecule has 3 aromatic rings. The standard InChI is InChI=1S/C13H10BrN3S/c1-8-9(14)6-7-12(15-8)18-13-16-10-4-2-3-5-11(10)17-13/h2-7H,1H3,(H,16,17). The molecule has 1 aromatic carbocycles. The van der Waals surface area contributed by atoms with E-state index in [1.165, 1.54) is 11.8 Å². The van der Waals surface area contributed by atoms with Crippen LogP contribution >= 0.6 is 27.7 Å². The fourth-order valence-corrected chi connectivity index (χ4v) is 2.70. The summed E-state index contributed by atoms with van der Waals surface area (Å²) in [7, 11) is 0. The number of para-hydroxylation sites is 2. The molecule has 0 saturated carbocycles. The molecular formula is C13H10BrN3S. The first-order chi connectivity index (χ1) is 8.72. The highest BCUT2D eigenvalue weighted by Crippen LogP contribution is 2.27. The fraction of sp³-hybridized carbons (Fsp3) is 0.0769. The van der Waals surface area contributed by atoms with E-state index in [0.717, 1.165) is 31.4 Å². The second-order valence-corrected chi connectivity index (χ2v) is 5.74. The Balaban J connectivity index is 1.93. The van der Waals surface area contributed by atoms with E-state index in [1.54, 1.807) is 0 Å². The summed E-state index contributed by atoms with van der Waals surface area (Å²) in [5.41, 5.74) is 3.01. The highest BCUT2D eigenvalue weighted by atomic mass is 79.9. The van der Waals surface area contributed by atoms with E-state index in [-0.39, 0.29) is 0 Å². The van der Waals surface area contributed by atoms with Crippen LogP contribution in [0.2, 0.25) is 0 Å². The smallest absolute Gasteiger partial charge is 0.172 e. The third-order valence-electron chi connectivity index (χ3n) is 2.56. The Morgan fingerprint density at radius 1 is 1.11 bits per heavy atom. The van der Waals surface area contributed by atoms with Gasteiger partial charge in [-0.3, -0.25) is 0 Å². The maximum absolute atomic E-state index is 4.52. The molecule has 0 aliphatic carbocycles. The number of hydrogen-bond donors (Lipinski definition) is 1. The van der Waals surface area contributed by atoms with Gasteiger partial charge in [-0.15, -0.1) is 0 Å². The van der Waals surface area contributed by atoms with Gasteiger partial charge in [-0.1, -0.05) is 12.1 Å². The van der Waals surface area contributed by atoms with Gasteiger partial charge in [-0.05, 0) is 58.9 Å². The third kappa shape index (κ3) is 2.28. The van der Waals surface area contributed by atoms with E-state index in [9.17, 15) is 0 Å². The van der Waals surface area contributed by atoms with Crippen molar-refractivity contribution in [1.29, 1.82) is 0 Å². The first-order valence-electron chi connectivity index (χ1n) is 5.48. The number of pyridine rings is 1. The predicted octanol–water partition coefficient (Wildman–Crippen LogP) is 4.18. The molecule has 0 aliphatic rings. The van der Waals surface area contributed by atoms with E-state index < -0.39 is 0 Å². The molecule has 0 aliphatic heterocycles. The largest absolute Gasteiger partial charge is 0.333 e. The molecule has 1 N–H and O–H groups in total. The van der Waals surface area contributed by atoms with Crippen molar-refractivity contribution in [1.82, 2.24) is 15.0 Å². The first kappa shape index (κ1) is 11.7. The van der Waals surface area contributed by atoms with Crippen molar-refractivity contribution in [3.8, 4) is 0 Å². The number of imidazole rings is 1. The predicted molar refractivity (Wildman–Crippen MR) is 76.9 cm³/mol. The lowest BCUT2D eigenvalue weighted by Gasteiger charge is -2.00. The summed E-state index contributed by atoms with van der Waals surface area (Å²) < 4.78 is 1.02. The molecule has 0 spiro atoms. The van der Waals surface area contributed by atoms with E-state index in [0.29, 0.717) is 0 Å². The normalized spacial score (nSPS) is 11.0. The van der Waals surface area contributed by atoms with E-state index in [2.05, 4.69) is 30.9 Å². The molecule has 5 heteroatoms. The molecule has 3 nitrogen and oxygen atoms in total. The van der Waals surface area contributed by atoms with Gasteiger partial charge in [-0.2, -0.15) is 0 Å². The number of aryl methyl sites for hydroxylation is 1. The Morgan fingerprint density at radius 2 is 1.94 bits per heavy atom. The van der Waals surface area contributed by atoms with Crippen molar-refractivity contribution in [2.75, 3.05) is 0 Å². The van der Waals surface area contributed by atoms with Crippen LogP contribution < -0.4 is 0 Å². The molecule has 0 amide bonds. The summed E-state index contributed by atoms with van der Waals surface area (Å²) in [6.07, 6.45) is 0. The number of rotatable bonds is 2. The highest BCUT2D eigenvalue weighted by Gasteiger charge is 2.06. The zero-order valence-corrected chi connectivity index (χ0v) is 12.0. The van der Waals surface area contributed by atoms with E-state index in [4.69, 9.17) is 0 Å². The van der Waals surface area contributed by atoms with Crippen LogP contribution in [0.1, 0.15) is 5.69 Å². The molecule has 0 saturated heterocycles. The lowest BCUT2D eigenvalue weighted by atomic mass is 10.3. The quantitative estimate of drug-likeness (QED) is 0.770. The van der Waals surface area contributed by atoms with Gasteiger partial charge < -0.3 is 4.98 Å². The minimum absolute atomic E-state index is 0.866. The van der Waals surface area contributed by atoms with Gasteiger partial charge in [-0.25, -0.2) is 9.97 Å². The van der Waals surface area contributed by atoms with Crippen LogP contribution in [-0.2, 0) is 0 Å². The van der Waals surface area contributed by atoms with Crippen LogP contribution in [0, 0.1) is 6.92 Å². The second kappa shape index (κ2) is 4.74. The molecule has 0 fully saturated rings. The maximum atomic E-state index is 4.52. The summed E-state index contributed by atoms with van der Waals surface area (Å²) >= 11 is 4.99. The van der Waals surface area contributed by atoms with Crippen LogP contribution in [0.5, 0.6) is 0 Å². The van der Waals surface area contributed by atoms with Crippen LogP contribution in [0.15, 0.2) is 51.1 Å². The van der Waals surface area contributed by atoms with Crippen molar-refractivity contribution < 1.29 is 0 Å². The Morgan fingerprint density at radius 3 is 2.72 bits per heavy atom. The summed E-state index contributed by atoms with van der Waals surface area (Å²) in [4.78, 5) is 12.3. The minimum atomic E-state index is 0.866. The fourth-order valence-electron chi connectivity index (χ4n) is 1.65. The molecule has 2 heterocycles. The Labute approximate surface area is 117 Å². The van der Waals surface area contributed by atoms with Gasteiger partial charge in [0, 0.05) is 4.47 Å². The minimum Gasteiger partial charge on any atom is -0.333 e. The Hall–Kier alpha value is -1.33. The van der Waals surface area contributed by atoms with Gasteiger partial charge >= 0.3 is 0 Å². The topological polar surface area (TPSA) is 41.6 Å². The maximum Gasteiger partial charge on any atom is 0.172 e. The van der Waals surface area contributed by atoms with E-state index >= 15 is 0 Å². The van der Waals surface area contributed by atoms with Crippen molar-refractivity contribution >= 4 is 38.7 Å². The number of aromatic amines is 1. The van der Waals surface area contributed by atoms with Gasteiger partial charge in [0.05, 0.1) is 16.7 Å². The highest BCUT2D eigenvalue weighted by molar-refractivity contribution is 9.10. The Kier molecular flexibility index (Phi) is 3.09. The number of H-pyrrole nitrogens is 1. The molecule has 0 atom stereocenters. The van der Waals surface area contributed by atoms with Crippen molar-refractivity contribution in [3.05, 3.63) is 46.6 Å². The number of benzene rings is 1. The van der Waals surface area contributed by atoms with Gasteiger partial charge in [0.15, 0.2) is 5.16 Å². The van der Waals surface area contributed by atoms with Crippen LogP contribution in [-0.4, -0.2) is 15.0 Å². The van der Waals surface area contributed by atoms with Crippen LogP contribution in [0.25, 0.3) is 11.0 Å². The Bertz CT molecular complexity index is 675. The number of fused-ring (bicyclic) bond motifs is 1. The zero-order chi connectivity index (χ0) is 12.5. The molecule has 18 heavy (non-hydrogen) atoms. The molecule has 0 radical (unpaired) electrons. The summed E-state index contributed by atoms with van der Waals surface area (Å²) in [5, 5.41) is 1.81. The molecular weight excluding hydrogens is 310 g/mol. The van der Waals surface area contributed by atoms with E-state index in [1.807, 2.05) is 43.3 Å². The number of hydrogen-bond acceptors (Lipinski definition) is 3. The second-order valence-electron chi connectivity index (χ2n) is 3.88. The first-order valence-corrected chi connectivity index (χ1v) is 7.09. The average Bonchev–Trinajstić information content (AvgIpc) is 2.76. The monoisotopic (exact) mass is 319 g/mol. The van der Waals surface area contributed by atoms with Crippen molar-refractivity contribution in [2.24, 2.45) is 0 Å². The third-order valence-corrected chi connectivity index (χ3v) is 4.23. The summed E-state index contributed by atoms with van der Waals surface area (Å²) in [5.74, 6) is 0. The molecule has 3 rings (SSSR count). The molecule has 0 unspecified atom stereocenters. The lowest BCUT2D eigenvalue weighted by molar-refractivity contribution is 1.02.